The average molecular weight is 260 g/mol. The van der Waals surface area contributed by atoms with Crippen LogP contribution < -0.4 is 5.32 Å². The van der Waals surface area contributed by atoms with E-state index in [0.29, 0.717) is 0 Å². The van der Waals surface area contributed by atoms with Crippen LogP contribution in [0.15, 0.2) is 24.5 Å². The zero-order valence-corrected chi connectivity index (χ0v) is 11.0. The standard InChI is InChI=1S/C13H16N4S/c1(7-15-11-3-4-11)2-12-16-17-13(18-12)10-5-8-14-9-6-10/h5-6,8-9,11,15H,1-4,7H2. The third kappa shape index (κ3) is 3.11. The third-order valence-electron chi connectivity index (χ3n) is 2.97. The monoisotopic (exact) mass is 260 g/mol. The Bertz CT molecular complexity index is 493. The van der Waals surface area contributed by atoms with Crippen molar-refractivity contribution in [3.8, 4) is 10.6 Å². The van der Waals surface area contributed by atoms with Crippen LogP contribution in [0.3, 0.4) is 0 Å². The summed E-state index contributed by atoms with van der Waals surface area (Å²) < 4.78 is 0. The van der Waals surface area contributed by atoms with Crippen molar-refractivity contribution in [2.45, 2.75) is 31.7 Å². The molecule has 2 aromatic rings. The molecular weight excluding hydrogens is 244 g/mol. The van der Waals surface area contributed by atoms with Crippen molar-refractivity contribution in [2.75, 3.05) is 6.54 Å². The number of hydrogen-bond acceptors (Lipinski definition) is 5. The SMILES string of the molecule is c1cc(-c2nnc(CCCNC3CC3)s2)ccn1. The van der Waals surface area contributed by atoms with Crippen molar-refractivity contribution in [2.24, 2.45) is 0 Å². The van der Waals surface area contributed by atoms with E-state index in [1.54, 1.807) is 23.7 Å². The molecule has 4 nitrogen and oxygen atoms in total. The Balaban J connectivity index is 1.52. The minimum absolute atomic E-state index is 0.798. The average Bonchev–Trinajstić information content (AvgIpc) is 3.12. The highest BCUT2D eigenvalue weighted by atomic mass is 32.1. The van der Waals surface area contributed by atoms with Gasteiger partial charge in [0, 0.05) is 30.4 Å². The van der Waals surface area contributed by atoms with Crippen LogP contribution in [0.1, 0.15) is 24.3 Å². The fourth-order valence-electron chi connectivity index (χ4n) is 1.80. The maximum absolute atomic E-state index is 4.25. The number of rotatable bonds is 6. The molecule has 0 bridgehead atoms. The van der Waals surface area contributed by atoms with Crippen molar-refractivity contribution in [3.05, 3.63) is 29.5 Å². The number of aryl methyl sites for hydroxylation is 1. The van der Waals surface area contributed by atoms with Crippen LogP contribution >= 0.6 is 11.3 Å². The summed E-state index contributed by atoms with van der Waals surface area (Å²) in [6.45, 7) is 1.09. The molecule has 0 saturated heterocycles. The molecule has 0 amide bonds. The molecule has 0 radical (unpaired) electrons. The summed E-state index contributed by atoms with van der Waals surface area (Å²) in [5, 5.41) is 14.1. The molecular formula is C13H16N4S. The van der Waals surface area contributed by atoms with E-state index in [-0.39, 0.29) is 0 Å². The minimum atomic E-state index is 0.798. The van der Waals surface area contributed by atoms with E-state index in [1.807, 2.05) is 12.1 Å². The second-order valence-electron chi connectivity index (χ2n) is 4.57. The Morgan fingerprint density at radius 3 is 2.83 bits per heavy atom. The van der Waals surface area contributed by atoms with Gasteiger partial charge >= 0.3 is 0 Å². The molecule has 1 fully saturated rings. The van der Waals surface area contributed by atoms with Crippen LogP contribution in [0, 0.1) is 0 Å². The first-order chi connectivity index (χ1) is 8.92. The highest BCUT2D eigenvalue weighted by molar-refractivity contribution is 7.14. The second-order valence-corrected chi connectivity index (χ2v) is 5.63. The van der Waals surface area contributed by atoms with E-state index in [1.165, 1.54) is 12.8 Å². The largest absolute Gasteiger partial charge is 0.314 e. The van der Waals surface area contributed by atoms with E-state index in [4.69, 9.17) is 0 Å². The van der Waals surface area contributed by atoms with Crippen LogP contribution in [0.5, 0.6) is 0 Å². The maximum Gasteiger partial charge on any atom is 0.147 e. The lowest BCUT2D eigenvalue weighted by Crippen LogP contribution is -2.17. The van der Waals surface area contributed by atoms with Gasteiger partial charge in [-0.15, -0.1) is 10.2 Å². The van der Waals surface area contributed by atoms with Crippen molar-refractivity contribution in [1.29, 1.82) is 0 Å². The Morgan fingerprint density at radius 1 is 1.22 bits per heavy atom. The van der Waals surface area contributed by atoms with Crippen molar-refractivity contribution < 1.29 is 0 Å². The van der Waals surface area contributed by atoms with Crippen LogP contribution in [-0.2, 0) is 6.42 Å². The topological polar surface area (TPSA) is 50.7 Å². The number of aromatic nitrogens is 3. The van der Waals surface area contributed by atoms with E-state index in [9.17, 15) is 0 Å². The lowest BCUT2D eigenvalue weighted by atomic mass is 10.3. The van der Waals surface area contributed by atoms with Crippen LogP contribution in [-0.4, -0.2) is 27.8 Å². The van der Waals surface area contributed by atoms with Gasteiger partial charge in [-0.25, -0.2) is 0 Å². The molecule has 2 heterocycles. The Hall–Kier alpha value is -1.33. The predicted molar refractivity (Wildman–Crippen MR) is 72.5 cm³/mol. The highest BCUT2D eigenvalue weighted by Crippen LogP contribution is 2.23. The summed E-state index contributed by atoms with van der Waals surface area (Å²) >= 11 is 1.68. The lowest BCUT2D eigenvalue weighted by molar-refractivity contribution is 0.643. The normalized spacial score (nSPS) is 14.9. The number of hydrogen-bond donors (Lipinski definition) is 1. The maximum atomic E-state index is 4.25. The van der Waals surface area contributed by atoms with Crippen molar-refractivity contribution in [1.82, 2.24) is 20.5 Å². The first-order valence-corrected chi connectivity index (χ1v) is 7.19. The molecule has 1 N–H and O–H groups in total. The summed E-state index contributed by atoms with van der Waals surface area (Å²) in [6, 6.07) is 4.74. The van der Waals surface area contributed by atoms with E-state index < -0.39 is 0 Å². The number of pyridine rings is 1. The predicted octanol–water partition coefficient (Wildman–Crippen LogP) is 2.28. The smallest absolute Gasteiger partial charge is 0.147 e. The first kappa shape index (κ1) is 11.7. The quantitative estimate of drug-likeness (QED) is 0.810. The Kier molecular flexibility index (Phi) is 3.61. The van der Waals surface area contributed by atoms with E-state index in [2.05, 4.69) is 20.5 Å². The van der Waals surface area contributed by atoms with Crippen molar-refractivity contribution in [3.63, 3.8) is 0 Å². The molecule has 5 heteroatoms. The molecule has 0 aromatic carbocycles. The van der Waals surface area contributed by atoms with Gasteiger partial charge in [-0.05, 0) is 37.9 Å². The Labute approximate surface area is 110 Å². The minimum Gasteiger partial charge on any atom is -0.314 e. The van der Waals surface area contributed by atoms with Crippen LogP contribution in [0.4, 0.5) is 0 Å². The highest BCUT2D eigenvalue weighted by Gasteiger charge is 2.19. The first-order valence-electron chi connectivity index (χ1n) is 6.38. The summed E-state index contributed by atoms with van der Waals surface area (Å²) in [4.78, 5) is 4.01. The molecule has 1 aliphatic carbocycles. The van der Waals surface area contributed by atoms with Gasteiger partial charge in [0.2, 0.25) is 0 Å². The number of nitrogens with zero attached hydrogens (tertiary/aromatic N) is 3. The van der Waals surface area contributed by atoms with Gasteiger partial charge in [-0.1, -0.05) is 11.3 Å². The molecule has 94 valence electrons. The third-order valence-corrected chi connectivity index (χ3v) is 4.00. The van der Waals surface area contributed by atoms with Gasteiger partial charge in [-0.3, -0.25) is 4.98 Å². The summed E-state index contributed by atoms with van der Waals surface area (Å²) in [5.41, 5.74) is 1.10. The fourth-order valence-corrected chi connectivity index (χ4v) is 2.69. The molecule has 2 aromatic heterocycles. The van der Waals surface area contributed by atoms with Gasteiger partial charge in [0.15, 0.2) is 0 Å². The number of nitrogens with one attached hydrogen (secondary N) is 1. The van der Waals surface area contributed by atoms with Gasteiger partial charge in [0.1, 0.15) is 10.0 Å². The lowest BCUT2D eigenvalue weighted by Gasteiger charge is -1.99. The summed E-state index contributed by atoms with van der Waals surface area (Å²) in [6.07, 6.45) is 8.44. The Morgan fingerprint density at radius 2 is 2.06 bits per heavy atom. The molecule has 3 rings (SSSR count). The summed E-state index contributed by atoms with van der Waals surface area (Å²) in [5.74, 6) is 0. The van der Waals surface area contributed by atoms with E-state index in [0.717, 1.165) is 41.0 Å². The fraction of sp³-hybridized carbons (Fsp3) is 0.462. The molecule has 0 spiro atoms. The molecule has 18 heavy (non-hydrogen) atoms. The van der Waals surface area contributed by atoms with Crippen LogP contribution in [0.2, 0.25) is 0 Å². The van der Waals surface area contributed by atoms with Gasteiger partial charge in [-0.2, -0.15) is 0 Å². The van der Waals surface area contributed by atoms with Crippen molar-refractivity contribution >= 4 is 11.3 Å². The van der Waals surface area contributed by atoms with Gasteiger partial charge < -0.3 is 5.32 Å². The van der Waals surface area contributed by atoms with Gasteiger partial charge in [0.05, 0.1) is 0 Å². The molecule has 0 atom stereocenters. The second kappa shape index (κ2) is 5.54. The molecule has 0 unspecified atom stereocenters. The molecule has 1 aliphatic rings. The zero-order chi connectivity index (χ0) is 12.2. The molecule has 1 saturated carbocycles. The zero-order valence-electron chi connectivity index (χ0n) is 10.2. The van der Waals surface area contributed by atoms with Crippen LogP contribution in [0.25, 0.3) is 10.6 Å². The van der Waals surface area contributed by atoms with E-state index >= 15 is 0 Å². The summed E-state index contributed by atoms with van der Waals surface area (Å²) in [7, 11) is 0. The molecule has 0 aliphatic heterocycles. The van der Waals surface area contributed by atoms with Gasteiger partial charge in [0.25, 0.3) is 0 Å².